The molecule has 2 heteroatoms. The molecule has 2 rings (SSSR count). The molecule has 0 saturated heterocycles. The van der Waals surface area contributed by atoms with Crippen LogP contribution in [0, 0.1) is 0 Å². The van der Waals surface area contributed by atoms with Gasteiger partial charge in [0.15, 0.2) is 0 Å². The summed E-state index contributed by atoms with van der Waals surface area (Å²) in [7, 11) is 0. The molecule has 0 aromatic heterocycles. The van der Waals surface area contributed by atoms with Crippen molar-refractivity contribution in [2.75, 3.05) is 6.61 Å². The number of benzene rings is 1. The van der Waals surface area contributed by atoms with E-state index in [1.165, 1.54) is 11.1 Å². The smallest absolute Gasteiger partial charge is 0.124 e. The summed E-state index contributed by atoms with van der Waals surface area (Å²) in [6, 6.07) is 6.60. The zero-order valence-corrected chi connectivity index (χ0v) is 10.4. The minimum atomic E-state index is 0.136. The molecule has 0 bridgehead atoms. The molecule has 0 amide bonds. The monoisotopic (exact) mass is 219 g/mol. The van der Waals surface area contributed by atoms with E-state index in [1.807, 2.05) is 0 Å². The number of fused-ring (bicyclic) bond motifs is 1. The molecular formula is C14H21NO. The van der Waals surface area contributed by atoms with Crippen molar-refractivity contribution in [2.24, 2.45) is 5.73 Å². The van der Waals surface area contributed by atoms with E-state index in [9.17, 15) is 0 Å². The zero-order chi connectivity index (χ0) is 11.8. The number of hydrogen-bond donors (Lipinski definition) is 1. The molecule has 0 unspecified atom stereocenters. The Morgan fingerprint density at radius 1 is 1.44 bits per heavy atom. The van der Waals surface area contributed by atoms with Crippen LogP contribution in [0.1, 0.15) is 50.8 Å². The summed E-state index contributed by atoms with van der Waals surface area (Å²) < 4.78 is 5.62. The Kier molecular flexibility index (Phi) is 2.94. The van der Waals surface area contributed by atoms with Crippen molar-refractivity contribution in [3.05, 3.63) is 29.3 Å². The topological polar surface area (TPSA) is 35.2 Å². The Labute approximate surface area is 97.8 Å². The number of rotatable bonds is 2. The second kappa shape index (κ2) is 4.10. The van der Waals surface area contributed by atoms with Crippen molar-refractivity contribution < 1.29 is 4.74 Å². The van der Waals surface area contributed by atoms with Crippen molar-refractivity contribution >= 4 is 0 Å². The third-order valence-corrected chi connectivity index (χ3v) is 3.76. The molecule has 0 spiro atoms. The minimum absolute atomic E-state index is 0.136. The SMILES string of the molecule is CCC(C)(C)c1ccc2c(c1)[C@@H](N)CCO2. The van der Waals surface area contributed by atoms with Gasteiger partial charge in [-0.25, -0.2) is 0 Å². The highest BCUT2D eigenvalue weighted by atomic mass is 16.5. The van der Waals surface area contributed by atoms with Crippen LogP contribution in [0.3, 0.4) is 0 Å². The van der Waals surface area contributed by atoms with Gasteiger partial charge in [0.05, 0.1) is 6.61 Å². The molecule has 1 aliphatic rings. The molecule has 0 fully saturated rings. The second-order valence-electron chi connectivity index (χ2n) is 5.23. The molecule has 1 atom stereocenters. The first-order valence-corrected chi connectivity index (χ1v) is 6.07. The first-order chi connectivity index (χ1) is 7.54. The van der Waals surface area contributed by atoms with Crippen LogP contribution in [0.2, 0.25) is 0 Å². The Bertz CT molecular complexity index is 384. The summed E-state index contributed by atoms with van der Waals surface area (Å²) in [5.41, 5.74) is 8.86. The number of hydrogen-bond acceptors (Lipinski definition) is 2. The predicted molar refractivity (Wildman–Crippen MR) is 66.8 cm³/mol. The van der Waals surface area contributed by atoms with E-state index >= 15 is 0 Å². The molecule has 88 valence electrons. The van der Waals surface area contributed by atoms with Crippen LogP contribution in [-0.4, -0.2) is 6.61 Å². The van der Waals surface area contributed by atoms with Crippen molar-refractivity contribution in [1.82, 2.24) is 0 Å². The van der Waals surface area contributed by atoms with Crippen molar-refractivity contribution in [3.8, 4) is 5.75 Å². The summed E-state index contributed by atoms with van der Waals surface area (Å²) >= 11 is 0. The molecule has 1 aromatic rings. The lowest BCUT2D eigenvalue weighted by Crippen LogP contribution is -2.22. The third kappa shape index (κ3) is 1.94. The Morgan fingerprint density at radius 3 is 2.88 bits per heavy atom. The lowest BCUT2D eigenvalue weighted by molar-refractivity contribution is 0.268. The van der Waals surface area contributed by atoms with E-state index in [4.69, 9.17) is 10.5 Å². The Morgan fingerprint density at radius 2 is 2.19 bits per heavy atom. The van der Waals surface area contributed by atoms with E-state index in [0.29, 0.717) is 0 Å². The Balaban J connectivity index is 2.41. The van der Waals surface area contributed by atoms with Gasteiger partial charge in [0.2, 0.25) is 0 Å². The van der Waals surface area contributed by atoms with Crippen LogP contribution in [0.4, 0.5) is 0 Å². The maximum atomic E-state index is 6.12. The maximum absolute atomic E-state index is 6.12. The normalized spacial score (nSPS) is 20.1. The van der Waals surface area contributed by atoms with Gasteiger partial charge >= 0.3 is 0 Å². The fraction of sp³-hybridized carbons (Fsp3) is 0.571. The molecule has 0 radical (unpaired) electrons. The average molecular weight is 219 g/mol. The molecule has 1 heterocycles. The van der Waals surface area contributed by atoms with Crippen LogP contribution < -0.4 is 10.5 Å². The summed E-state index contributed by atoms with van der Waals surface area (Å²) in [6.45, 7) is 7.49. The van der Waals surface area contributed by atoms with E-state index in [-0.39, 0.29) is 11.5 Å². The lowest BCUT2D eigenvalue weighted by Gasteiger charge is -2.28. The van der Waals surface area contributed by atoms with E-state index in [1.54, 1.807) is 0 Å². The highest BCUT2D eigenvalue weighted by Crippen LogP contribution is 2.35. The summed E-state index contributed by atoms with van der Waals surface area (Å²) in [5, 5.41) is 0. The molecule has 1 aromatic carbocycles. The van der Waals surface area contributed by atoms with Crippen LogP contribution in [-0.2, 0) is 5.41 Å². The van der Waals surface area contributed by atoms with Crippen LogP contribution >= 0.6 is 0 Å². The first-order valence-electron chi connectivity index (χ1n) is 6.07. The van der Waals surface area contributed by atoms with Gasteiger partial charge in [-0.15, -0.1) is 0 Å². The van der Waals surface area contributed by atoms with Gasteiger partial charge in [0.25, 0.3) is 0 Å². The standard InChI is InChI=1S/C14H21NO/c1-4-14(2,3)10-5-6-13-11(9-10)12(15)7-8-16-13/h5-6,9,12H,4,7-8,15H2,1-3H3/t12-/m0/s1. The molecule has 2 N–H and O–H groups in total. The van der Waals surface area contributed by atoms with Gasteiger partial charge in [-0.3, -0.25) is 0 Å². The minimum Gasteiger partial charge on any atom is -0.493 e. The van der Waals surface area contributed by atoms with Gasteiger partial charge in [-0.05, 0) is 29.5 Å². The van der Waals surface area contributed by atoms with Crippen molar-refractivity contribution in [1.29, 1.82) is 0 Å². The quantitative estimate of drug-likeness (QED) is 0.829. The Hall–Kier alpha value is -1.02. The average Bonchev–Trinajstić information content (AvgIpc) is 2.29. The third-order valence-electron chi connectivity index (χ3n) is 3.76. The summed E-state index contributed by atoms with van der Waals surface area (Å²) in [4.78, 5) is 0. The van der Waals surface area contributed by atoms with Gasteiger partial charge in [-0.2, -0.15) is 0 Å². The van der Waals surface area contributed by atoms with Gasteiger partial charge in [0, 0.05) is 18.0 Å². The van der Waals surface area contributed by atoms with Crippen LogP contribution in [0.5, 0.6) is 5.75 Å². The van der Waals surface area contributed by atoms with Crippen molar-refractivity contribution in [3.63, 3.8) is 0 Å². The van der Waals surface area contributed by atoms with Gasteiger partial charge < -0.3 is 10.5 Å². The molecule has 0 aliphatic carbocycles. The molecule has 0 saturated carbocycles. The van der Waals surface area contributed by atoms with E-state index in [2.05, 4.69) is 39.0 Å². The summed E-state index contributed by atoms with van der Waals surface area (Å²) in [6.07, 6.45) is 2.05. The molecular weight excluding hydrogens is 198 g/mol. The zero-order valence-electron chi connectivity index (χ0n) is 10.4. The lowest BCUT2D eigenvalue weighted by atomic mass is 9.80. The highest BCUT2D eigenvalue weighted by Gasteiger charge is 2.23. The van der Waals surface area contributed by atoms with Crippen molar-refractivity contribution in [2.45, 2.75) is 45.1 Å². The summed E-state index contributed by atoms with van der Waals surface area (Å²) in [5.74, 6) is 0.967. The van der Waals surface area contributed by atoms with E-state index in [0.717, 1.165) is 25.2 Å². The highest BCUT2D eigenvalue weighted by molar-refractivity contribution is 5.42. The first kappa shape index (κ1) is 11.5. The second-order valence-corrected chi connectivity index (χ2v) is 5.23. The van der Waals surface area contributed by atoms with E-state index < -0.39 is 0 Å². The number of ether oxygens (including phenoxy) is 1. The van der Waals surface area contributed by atoms with Crippen LogP contribution in [0.25, 0.3) is 0 Å². The fourth-order valence-electron chi connectivity index (χ4n) is 2.05. The molecule has 2 nitrogen and oxygen atoms in total. The molecule has 16 heavy (non-hydrogen) atoms. The van der Waals surface area contributed by atoms with Crippen LogP contribution in [0.15, 0.2) is 18.2 Å². The fourth-order valence-corrected chi connectivity index (χ4v) is 2.05. The predicted octanol–water partition coefficient (Wildman–Crippen LogP) is 3.16. The molecule has 1 aliphatic heterocycles. The maximum Gasteiger partial charge on any atom is 0.124 e. The van der Waals surface area contributed by atoms with Gasteiger partial charge in [-0.1, -0.05) is 26.8 Å². The van der Waals surface area contributed by atoms with Gasteiger partial charge in [0.1, 0.15) is 5.75 Å². The number of nitrogens with two attached hydrogens (primary N) is 1. The largest absolute Gasteiger partial charge is 0.493 e.